The van der Waals surface area contributed by atoms with Crippen molar-refractivity contribution in [2.24, 2.45) is 0 Å². The molecular weight excluding hydrogens is 332 g/mol. The van der Waals surface area contributed by atoms with Gasteiger partial charge in [-0.05, 0) is 40.2 Å². The fraction of sp³-hybridized carbons (Fsp3) is 0.154. The van der Waals surface area contributed by atoms with Crippen LogP contribution in [0.25, 0.3) is 0 Å². The van der Waals surface area contributed by atoms with Gasteiger partial charge in [0.15, 0.2) is 0 Å². The number of anilines is 1. The molecule has 1 aromatic heterocycles. The van der Waals surface area contributed by atoms with E-state index in [1.807, 2.05) is 36.4 Å². The lowest BCUT2D eigenvalue weighted by Crippen LogP contribution is -2.04. The largest absolute Gasteiger partial charge is 0.383 e. The highest BCUT2D eigenvalue weighted by Crippen LogP contribution is 2.24. The van der Waals surface area contributed by atoms with Crippen LogP contribution in [0.2, 0.25) is 5.02 Å². The van der Waals surface area contributed by atoms with E-state index in [1.54, 1.807) is 18.0 Å². The number of benzene rings is 1. The molecule has 2 nitrogen and oxygen atoms in total. The van der Waals surface area contributed by atoms with E-state index < -0.39 is 0 Å². The number of rotatable bonds is 5. The standard InChI is InChI=1S/C13H12BrClN2S/c14-10-4-1-2-6-12(10)16-8-9-18-13-11(15)5-3-7-17-13/h1-7,16H,8-9H2. The Hall–Kier alpha value is -0.710. The minimum atomic E-state index is 0.711. The van der Waals surface area contributed by atoms with Gasteiger partial charge in [-0.25, -0.2) is 4.98 Å². The predicted octanol–water partition coefficient (Wildman–Crippen LogP) is 4.70. The van der Waals surface area contributed by atoms with Crippen LogP contribution < -0.4 is 5.32 Å². The molecule has 0 aliphatic carbocycles. The van der Waals surface area contributed by atoms with Crippen LogP contribution in [0.15, 0.2) is 52.1 Å². The number of para-hydroxylation sites is 1. The molecule has 1 aromatic carbocycles. The molecule has 1 N–H and O–H groups in total. The minimum Gasteiger partial charge on any atom is -0.383 e. The third kappa shape index (κ3) is 3.90. The molecule has 0 spiro atoms. The van der Waals surface area contributed by atoms with Crippen LogP contribution in [0.4, 0.5) is 5.69 Å². The molecule has 0 aliphatic rings. The Labute approximate surface area is 124 Å². The lowest BCUT2D eigenvalue weighted by molar-refractivity contribution is 1.12. The third-order valence-electron chi connectivity index (χ3n) is 2.25. The first-order chi connectivity index (χ1) is 8.77. The van der Waals surface area contributed by atoms with Gasteiger partial charge in [0.2, 0.25) is 0 Å². The average molecular weight is 344 g/mol. The minimum absolute atomic E-state index is 0.711. The second kappa shape index (κ2) is 7.02. The summed E-state index contributed by atoms with van der Waals surface area (Å²) in [5.74, 6) is 0.915. The fourth-order valence-corrected chi connectivity index (χ4v) is 2.86. The Morgan fingerprint density at radius 1 is 1.22 bits per heavy atom. The van der Waals surface area contributed by atoms with Crippen molar-refractivity contribution in [1.82, 2.24) is 4.98 Å². The van der Waals surface area contributed by atoms with Gasteiger partial charge < -0.3 is 5.32 Å². The number of halogens is 2. The van der Waals surface area contributed by atoms with E-state index in [-0.39, 0.29) is 0 Å². The maximum Gasteiger partial charge on any atom is 0.115 e. The summed E-state index contributed by atoms with van der Waals surface area (Å²) in [6.45, 7) is 0.861. The van der Waals surface area contributed by atoms with Crippen LogP contribution in [0, 0.1) is 0 Å². The molecule has 0 unspecified atom stereocenters. The maximum absolute atomic E-state index is 6.03. The number of pyridine rings is 1. The van der Waals surface area contributed by atoms with Gasteiger partial charge in [0.25, 0.3) is 0 Å². The normalized spacial score (nSPS) is 10.3. The summed E-state index contributed by atoms with van der Waals surface area (Å²) in [6, 6.07) is 11.8. The van der Waals surface area contributed by atoms with Crippen LogP contribution in [0.3, 0.4) is 0 Å². The zero-order valence-electron chi connectivity index (χ0n) is 9.57. The first-order valence-electron chi connectivity index (χ1n) is 5.49. The summed E-state index contributed by atoms with van der Waals surface area (Å²) in [5, 5.41) is 4.96. The second-order valence-corrected chi connectivity index (χ2v) is 5.89. The topological polar surface area (TPSA) is 24.9 Å². The Morgan fingerprint density at radius 2 is 2.06 bits per heavy atom. The number of nitrogens with zero attached hydrogens (tertiary/aromatic N) is 1. The molecular formula is C13H12BrClN2S. The van der Waals surface area contributed by atoms with E-state index in [0.717, 1.165) is 27.5 Å². The molecule has 0 amide bonds. The van der Waals surface area contributed by atoms with Gasteiger partial charge in [-0.2, -0.15) is 0 Å². The van der Waals surface area contributed by atoms with Gasteiger partial charge in [0.1, 0.15) is 5.03 Å². The molecule has 5 heteroatoms. The Morgan fingerprint density at radius 3 is 2.83 bits per heavy atom. The first kappa shape index (κ1) is 13.7. The van der Waals surface area contributed by atoms with Crippen molar-refractivity contribution in [3.8, 4) is 0 Å². The van der Waals surface area contributed by atoms with Crippen molar-refractivity contribution in [1.29, 1.82) is 0 Å². The molecule has 0 aliphatic heterocycles. The van der Waals surface area contributed by atoms with E-state index in [2.05, 4.69) is 26.2 Å². The molecule has 2 rings (SSSR count). The van der Waals surface area contributed by atoms with Crippen molar-refractivity contribution in [2.75, 3.05) is 17.6 Å². The van der Waals surface area contributed by atoms with Crippen molar-refractivity contribution in [3.63, 3.8) is 0 Å². The molecule has 2 aromatic rings. The molecule has 0 radical (unpaired) electrons. The van der Waals surface area contributed by atoms with Crippen LogP contribution in [0.5, 0.6) is 0 Å². The molecule has 94 valence electrons. The Kier molecular flexibility index (Phi) is 5.35. The maximum atomic E-state index is 6.03. The SMILES string of the molecule is Clc1cccnc1SCCNc1ccccc1Br. The molecule has 0 fully saturated rings. The lowest BCUT2D eigenvalue weighted by Gasteiger charge is -2.08. The van der Waals surface area contributed by atoms with E-state index in [0.29, 0.717) is 5.02 Å². The van der Waals surface area contributed by atoms with Crippen LogP contribution >= 0.6 is 39.3 Å². The smallest absolute Gasteiger partial charge is 0.115 e. The lowest BCUT2D eigenvalue weighted by atomic mass is 10.3. The van der Waals surface area contributed by atoms with Gasteiger partial charge in [-0.15, -0.1) is 11.8 Å². The average Bonchev–Trinajstić information content (AvgIpc) is 2.38. The first-order valence-corrected chi connectivity index (χ1v) is 7.65. The Balaban J connectivity index is 1.80. The van der Waals surface area contributed by atoms with Gasteiger partial charge in [-0.1, -0.05) is 23.7 Å². The highest BCUT2D eigenvalue weighted by molar-refractivity contribution is 9.10. The van der Waals surface area contributed by atoms with E-state index in [4.69, 9.17) is 11.6 Å². The highest BCUT2D eigenvalue weighted by atomic mass is 79.9. The van der Waals surface area contributed by atoms with Crippen molar-refractivity contribution >= 4 is 45.0 Å². The van der Waals surface area contributed by atoms with Gasteiger partial charge in [-0.3, -0.25) is 0 Å². The molecule has 0 saturated carbocycles. The highest BCUT2D eigenvalue weighted by Gasteiger charge is 2.01. The summed E-state index contributed by atoms with van der Waals surface area (Å²) < 4.78 is 1.07. The molecule has 0 bridgehead atoms. The fourth-order valence-electron chi connectivity index (χ4n) is 1.42. The van der Waals surface area contributed by atoms with Crippen molar-refractivity contribution in [3.05, 3.63) is 52.1 Å². The predicted molar refractivity (Wildman–Crippen MR) is 82.6 cm³/mol. The quantitative estimate of drug-likeness (QED) is 0.629. The summed E-state index contributed by atoms with van der Waals surface area (Å²) >= 11 is 11.2. The van der Waals surface area contributed by atoms with Gasteiger partial charge in [0, 0.05) is 28.7 Å². The van der Waals surface area contributed by atoms with Gasteiger partial charge >= 0.3 is 0 Å². The van der Waals surface area contributed by atoms with E-state index in [1.165, 1.54) is 0 Å². The summed E-state index contributed by atoms with van der Waals surface area (Å²) in [7, 11) is 0. The number of thioether (sulfide) groups is 1. The number of hydrogen-bond acceptors (Lipinski definition) is 3. The van der Waals surface area contributed by atoms with Crippen LogP contribution in [0.1, 0.15) is 0 Å². The number of aromatic nitrogens is 1. The molecule has 1 heterocycles. The van der Waals surface area contributed by atoms with Crippen LogP contribution in [-0.2, 0) is 0 Å². The van der Waals surface area contributed by atoms with Gasteiger partial charge in [0.05, 0.1) is 5.02 Å². The Bertz CT molecular complexity index is 474. The van der Waals surface area contributed by atoms with Crippen molar-refractivity contribution in [2.45, 2.75) is 5.03 Å². The second-order valence-electron chi connectivity index (χ2n) is 3.55. The molecule has 0 saturated heterocycles. The van der Waals surface area contributed by atoms with Crippen molar-refractivity contribution < 1.29 is 0 Å². The van der Waals surface area contributed by atoms with E-state index >= 15 is 0 Å². The zero-order valence-corrected chi connectivity index (χ0v) is 12.7. The molecule has 18 heavy (non-hydrogen) atoms. The number of hydrogen-bond donors (Lipinski definition) is 1. The van der Waals surface area contributed by atoms with Crippen LogP contribution in [-0.4, -0.2) is 17.3 Å². The monoisotopic (exact) mass is 342 g/mol. The zero-order chi connectivity index (χ0) is 12.8. The summed E-state index contributed by atoms with van der Waals surface area (Å²) in [5.41, 5.74) is 1.10. The third-order valence-corrected chi connectivity index (χ3v) is 4.37. The summed E-state index contributed by atoms with van der Waals surface area (Å²) in [6.07, 6.45) is 1.76. The van der Waals surface area contributed by atoms with E-state index in [9.17, 15) is 0 Å². The summed E-state index contributed by atoms with van der Waals surface area (Å²) in [4.78, 5) is 4.23. The number of nitrogens with one attached hydrogen (secondary N) is 1. The molecule has 0 atom stereocenters.